The van der Waals surface area contributed by atoms with Crippen molar-refractivity contribution in [1.29, 1.82) is 0 Å². The molecule has 0 radical (unpaired) electrons. The first-order chi connectivity index (χ1) is 4.63. The predicted molar refractivity (Wildman–Crippen MR) is 36.8 cm³/mol. The summed E-state index contributed by atoms with van der Waals surface area (Å²) in [7, 11) is 0. The molecule has 1 atom stereocenters. The molecule has 0 aliphatic heterocycles. The van der Waals surface area contributed by atoms with Crippen molar-refractivity contribution in [3.05, 3.63) is 23.3 Å². The van der Waals surface area contributed by atoms with Crippen molar-refractivity contribution in [2.24, 2.45) is 5.92 Å². The van der Waals surface area contributed by atoms with Crippen LogP contribution >= 0.6 is 0 Å². The first-order valence-corrected chi connectivity index (χ1v) is 3.35. The highest BCUT2D eigenvalue weighted by atomic mass is 19.2. The van der Waals surface area contributed by atoms with E-state index in [0.29, 0.717) is 12.0 Å². The molecule has 0 heterocycles. The van der Waals surface area contributed by atoms with E-state index in [9.17, 15) is 8.78 Å². The molecule has 0 saturated heterocycles. The van der Waals surface area contributed by atoms with Gasteiger partial charge in [-0.2, -0.15) is 0 Å². The zero-order chi connectivity index (χ0) is 7.72. The monoisotopic (exact) mass is 144 g/mol. The largest absolute Gasteiger partial charge is 0.208 e. The molecule has 0 spiro atoms. The minimum Gasteiger partial charge on any atom is -0.208 e. The third kappa shape index (κ3) is 1.11. The van der Waals surface area contributed by atoms with Crippen LogP contribution in [0.3, 0.4) is 0 Å². The van der Waals surface area contributed by atoms with Crippen LogP contribution in [0.25, 0.3) is 0 Å². The van der Waals surface area contributed by atoms with Crippen molar-refractivity contribution in [3.63, 3.8) is 0 Å². The van der Waals surface area contributed by atoms with Gasteiger partial charge in [-0.05, 0) is 18.9 Å². The number of hydrogen-bond acceptors (Lipinski definition) is 0. The molecule has 0 bridgehead atoms. The van der Waals surface area contributed by atoms with Gasteiger partial charge in [-0.1, -0.05) is 13.0 Å². The Morgan fingerprint density at radius 3 is 2.60 bits per heavy atom. The van der Waals surface area contributed by atoms with Gasteiger partial charge in [0.05, 0.1) is 0 Å². The average molecular weight is 144 g/mol. The van der Waals surface area contributed by atoms with E-state index in [4.69, 9.17) is 0 Å². The Balaban J connectivity index is 2.94. The zero-order valence-corrected chi connectivity index (χ0v) is 6.12. The molecule has 1 aliphatic rings. The van der Waals surface area contributed by atoms with E-state index in [2.05, 4.69) is 0 Å². The van der Waals surface area contributed by atoms with Crippen LogP contribution in [0.4, 0.5) is 8.78 Å². The fraction of sp³-hybridized carbons (Fsp3) is 0.500. The Morgan fingerprint density at radius 1 is 1.50 bits per heavy atom. The summed E-state index contributed by atoms with van der Waals surface area (Å²) in [6.07, 6.45) is 2.34. The average Bonchev–Trinajstić information content (AvgIpc) is 1.93. The minimum atomic E-state index is -0.668. The smallest absolute Gasteiger partial charge is 0.157 e. The molecule has 0 nitrogen and oxygen atoms in total. The summed E-state index contributed by atoms with van der Waals surface area (Å²) in [4.78, 5) is 0. The molecule has 1 aliphatic carbocycles. The summed E-state index contributed by atoms with van der Waals surface area (Å²) in [5.74, 6) is -1.54. The maximum absolute atomic E-state index is 12.7. The molecular weight excluding hydrogens is 134 g/mol. The van der Waals surface area contributed by atoms with E-state index in [1.807, 2.05) is 0 Å². The highest BCUT2D eigenvalue weighted by Crippen LogP contribution is 2.30. The Morgan fingerprint density at radius 2 is 2.10 bits per heavy atom. The quantitative estimate of drug-likeness (QED) is 0.490. The molecule has 0 fully saturated rings. The van der Waals surface area contributed by atoms with Crippen LogP contribution in [-0.4, -0.2) is 0 Å². The van der Waals surface area contributed by atoms with E-state index >= 15 is 0 Å². The summed E-state index contributed by atoms with van der Waals surface area (Å²) in [6.45, 7) is 3.26. The van der Waals surface area contributed by atoms with E-state index in [0.717, 1.165) is 0 Å². The summed E-state index contributed by atoms with van der Waals surface area (Å²) in [5.41, 5.74) is 0.426. The molecule has 1 unspecified atom stereocenters. The molecule has 0 aromatic carbocycles. The highest BCUT2D eigenvalue weighted by Gasteiger charge is 2.18. The molecule has 0 saturated carbocycles. The molecule has 2 heteroatoms. The van der Waals surface area contributed by atoms with Crippen LogP contribution in [0.15, 0.2) is 23.3 Å². The standard InChI is InChI=1S/C8H10F2/c1-5-3-4-6(2)8(10)7(5)9/h3,6H,4H2,1-2H3. The van der Waals surface area contributed by atoms with Gasteiger partial charge >= 0.3 is 0 Å². The second-order valence-corrected chi connectivity index (χ2v) is 2.69. The highest BCUT2D eigenvalue weighted by molar-refractivity contribution is 5.30. The lowest BCUT2D eigenvalue weighted by atomic mass is 9.97. The van der Waals surface area contributed by atoms with Crippen LogP contribution in [0.5, 0.6) is 0 Å². The fourth-order valence-electron chi connectivity index (χ4n) is 0.951. The van der Waals surface area contributed by atoms with Crippen molar-refractivity contribution in [1.82, 2.24) is 0 Å². The second kappa shape index (κ2) is 2.52. The number of halogens is 2. The SMILES string of the molecule is CC1=CCC(C)C(F)=C1F. The van der Waals surface area contributed by atoms with Crippen molar-refractivity contribution in [2.45, 2.75) is 20.3 Å². The van der Waals surface area contributed by atoms with Gasteiger partial charge in [0.2, 0.25) is 0 Å². The van der Waals surface area contributed by atoms with Crippen LogP contribution in [0, 0.1) is 5.92 Å². The van der Waals surface area contributed by atoms with E-state index in [1.54, 1.807) is 19.9 Å². The summed E-state index contributed by atoms with van der Waals surface area (Å²) < 4.78 is 25.3. The van der Waals surface area contributed by atoms with Gasteiger partial charge in [0, 0.05) is 5.92 Å². The lowest BCUT2D eigenvalue weighted by Gasteiger charge is -2.13. The third-order valence-corrected chi connectivity index (χ3v) is 1.77. The van der Waals surface area contributed by atoms with Crippen LogP contribution in [0.1, 0.15) is 20.3 Å². The lowest BCUT2D eigenvalue weighted by molar-refractivity contribution is 0.439. The first-order valence-electron chi connectivity index (χ1n) is 3.35. The molecule has 1 rings (SSSR count). The van der Waals surface area contributed by atoms with Gasteiger partial charge in [-0.15, -0.1) is 0 Å². The number of allylic oxidation sites excluding steroid dienone is 4. The minimum absolute atomic E-state index is 0.274. The fourth-order valence-corrected chi connectivity index (χ4v) is 0.951. The molecule has 0 aromatic rings. The van der Waals surface area contributed by atoms with E-state index in [1.165, 1.54) is 0 Å². The van der Waals surface area contributed by atoms with Gasteiger partial charge in [0.1, 0.15) is 5.83 Å². The van der Waals surface area contributed by atoms with Crippen molar-refractivity contribution in [2.75, 3.05) is 0 Å². The summed E-state index contributed by atoms with van der Waals surface area (Å²) in [6, 6.07) is 0. The van der Waals surface area contributed by atoms with Crippen molar-refractivity contribution >= 4 is 0 Å². The van der Waals surface area contributed by atoms with Gasteiger partial charge in [0.15, 0.2) is 5.83 Å². The molecular formula is C8H10F2. The maximum Gasteiger partial charge on any atom is 0.157 e. The lowest BCUT2D eigenvalue weighted by Crippen LogP contribution is -2.02. The Bertz CT molecular complexity index is 201. The topological polar surface area (TPSA) is 0 Å². The maximum atomic E-state index is 12.7. The normalized spacial score (nSPS) is 26.8. The van der Waals surface area contributed by atoms with Crippen LogP contribution < -0.4 is 0 Å². The van der Waals surface area contributed by atoms with Gasteiger partial charge in [-0.3, -0.25) is 0 Å². The van der Waals surface area contributed by atoms with E-state index < -0.39 is 11.7 Å². The van der Waals surface area contributed by atoms with Gasteiger partial charge < -0.3 is 0 Å². The summed E-state index contributed by atoms with van der Waals surface area (Å²) in [5, 5.41) is 0. The molecule has 0 aromatic heterocycles. The summed E-state index contributed by atoms with van der Waals surface area (Å²) >= 11 is 0. The third-order valence-electron chi connectivity index (χ3n) is 1.77. The van der Waals surface area contributed by atoms with Gasteiger partial charge in [-0.25, -0.2) is 8.78 Å². The van der Waals surface area contributed by atoms with Crippen LogP contribution in [-0.2, 0) is 0 Å². The Kier molecular flexibility index (Phi) is 1.88. The van der Waals surface area contributed by atoms with Gasteiger partial charge in [0.25, 0.3) is 0 Å². The van der Waals surface area contributed by atoms with Crippen molar-refractivity contribution < 1.29 is 8.78 Å². The Hall–Kier alpha value is -0.660. The zero-order valence-electron chi connectivity index (χ0n) is 6.12. The van der Waals surface area contributed by atoms with Crippen molar-refractivity contribution in [3.8, 4) is 0 Å². The second-order valence-electron chi connectivity index (χ2n) is 2.69. The number of hydrogen-bond donors (Lipinski definition) is 0. The molecule has 10 heavy (non-hydrogen) atoms. The molecule has 56 valence electrons. The molecule has 0 N–H and O–H groups in total. The number of rotatable bonds is 0. The molecule has 0 amide bonds. The van der Waals surface area contributed by atoms with Crippen LogP contribution in [0.2, 0.25) is 0 Å². The van der Waals surface area contributed by atoms with E-state index in [-0.39, 0.29) is 5.92 Å². The predicted octanol–water partition coefficient (Wildman–Crippen LogP) is 3.12. The Labute approximate surface area is 59.2 Å². The first kappa shape index (κ1) is 7.45.